The highest BCUT2D eigenvalue weighted by Crippen LogP contribution is 2.31. The molecule has 1 rings (SSSR count). The summed E-state index contributed by atoms with van der Waals surface area (Å²) in [5.41, 5.74) is 6.22. The van der Waals surface area contributed by atoms with Crippen LogP contribution in [-0.4, -0.2) is 0 Å². The maximum absolute atomic E-state index is 12.5. The van der Waals surface area contributed by atoms with Crippen molar-refractivity contribution in [2.75, 3.05) is 0 Å². The average Bonchev–Trinajstić information content (AvgIpc) is 2.14. The lowest BCUT2D eigenvalue weighted by Gasteiger charge is -2.14. The standard InChI is InChI=1S/C11H14F3N/c1-3-10(15)8-4-7(2)5-9(6-8)11(12,13)14/h4-6,10H,3,15H2,1-2H3. The van der Waals surface area contributed by atoms with Gasteiger partial charge in [0, 0.05) is 6.04 Å². The Balaban J connectivity index is 3.17. The minimum absolute atomic E-state index is 0.328. The number of hydrogen-bond donors (Lipinski definition) is 1. The van der Waals surface area contributed by atoms with Crippen molar-refractivity contribution in [1.82, 2.24) is 0 Å². The molecule has 0 aliphatic rings. The summed E-state index contributed by atoms with van der Waals surface area (Å²) in [5.74, 6) is 0. The van der Waals surface area contributed by atoms with Gasteiger partial charge < -0.3 is 5.73 Å². The Bertz CT molecular complexity index is 344. The molecular formula is C11H14F3N. The fraction of sp³-hybridized carbons (Fsp3) is 0.455. The van der Waals surface area contributed by atoms with Gasteiger partial charge in [-0.2, -0.15) is 13.2 Å². The van der Waals surface area contributed by atoms with E-state index in [9.17, 15) is 13.2 Å². The van der Waals surface area contributed by atoms with Gasteiger partial charge in [-0.3, -0.25) is 0 Å². The van der Waals surface area contributed by atoms with Gasteiger partial charge in [0.1, 0.15) is 0 Å². The SMILES string of the molecule is CCC(N)c1cc(C)cc(C(F)(F)F)c1. The van der Waals surface area contributed by atoms with E-state index in [1.54, 1.807) is 13.0 Å². The van der Waals surface area contributed by atoms with Gasteiger partial charge in [0.15, 0.2) is 0 Å². The Morgan fingerprint density at radius 1 is 1.27 bits per heavy atom. The van der Waals surface area contributed by atoms with Crippen LogP contribution in [-0.2, 0) is 6.18 Å². The first-order valence-corrected chi connectivity index (χ1v) is 4.79. The number of hydrogen-bond acceptors (Lipinski definition) is 1. The summed E-state index contributed by atoms with van der Waals surface area (Å²) in [4.78, 5) is 0. The third-order valence-corrected chi connectivity index (χ3v) is 2.29. The van der Waals surface area contributed by atoms with Crippen LogP contribution in [0.25, 0.3) is 0 Å². The second kappa shape index (κ2) is 4.23. The van der Waals surface area contributed by atoms with E-state index in [1.807, 2.05) is 6.92 Å². The molecule has 1 aromatic carbocycles. The number of benzene rings is 1. The van der Waals surface area contributed by atoms with Crippen LogP contribution in [0.5, 0.6) is 0 Å². The summed E-state index contributed by atoms with van der Waals surface area (Å²) < 4.78 is 37.4. The van der Waals surface area contributed by atoms with Crippen LogP contribution in [0.2, 0.25) is 0 Å². The number of alkyl halides is 3. The zero-order valence-electron chi connectivity index (χ0n) is 8.73. The molecule has 0 saturated carbocycles. The Hall–Kier alpha value is -1.03. The van der Waals surface area contributed by atoms with Gasteiger partial charge in [-0.15, -0.1) is 0 Å². The molecule has 0 aromatic heterocycles. The van der Waals surface area contributed by atoms with E-state index in [4.69, 9.17) is 5.73 Å². The van der Waals surface area contributed by atoms with Crippen LogP contribution in [0.3, 0.4) is 0 Å². The smallest absolute Gasteiger partial charge is 0.324 e. The minimum atomic E-state index is -4.30. The number of rotatable bonds is 2. The van der Waals surface area contributed by atoms with Crippen LogP contribution in [0.15, 0.2) is 18.2 Å². The monoisotopic (exact) mass is 217 g/mol. The molecule has 0 radical (unpaired) electrons. The van der Waals surface area contributed by atoms with Crippen molar-refractivity contribution >= 4 is 0 Å². The molecule has 4 heteroatoms. The van der Waals surface area contributed by atoms with Crippen molar-refractivity contribution in [2.45, 2.75) is 32.5 Å². The quantitative estimate of drug-likeness (QED) is 0.807. The first kappa shape index (κ1) is 12.0. The van der Waals surface area contributed by atoms with E-state index in [1.165, 1.54) is 0 Å². The predicted octanol–water partition coefficient (Wildman–Crippen LogP) is 3.42. The summed E-state index contributed by atoms with van der Waals surface area (Å²) >= 11 is 0. The van der Waals surface area contributed by atoms with Gasteiger partial charge >= 0.3 is 6.18 Å². The van der Waals surface area contributed by atoms with Gasteiger partial charge in [-0.1, -0.05) is 18.6 Å². The summed E-state index contributed by atoms with van der Waals surface area (Å²) in [6.45, 7) is 3.49. The second-order valence-electron chi connectivity index (χ2n) is 3.64. The largest absolute Gasteiger partial charge is 0.416 e. The second-order valence-corrected chi connectivity index (χ2v) is 3.64. The van der Waals surface area contributed by atoms with E-state index < -0.39 is 11.7 Å². The van der Waals surface area contributed by atoms with Gasteiger partial charge in [0.25, 0.3) is 0 Å². The molecule has 0 bridgehead atoms. The normalized spacial score (nSPS) is 14.0. The Morgan fingerprint density at radius 2 is 1.87 bits per heavy atom. The van der Waals surface area contributed by atoms with Crippen molar-refractivity contribution in [1.29, 1.82) is 0 Å². The molecule has 0 aliphatic carbocycles. The summed E-state index contributed by atoms with van der Waals surface area (Å²) in [5, 5.41) is 0. The molecule has 1 aromatic rings. The van der Waals surface area contributed by atoms with Crippen LogP contribution in [0.1, 0.15) is 36.1 Å². The zero-order chi connectivity index (χ0) is 11.6. The topological polar surface area (TPSA) is 26.0 Å². The average molecular weight is 217 g/mol. The van der Waals surface area contributed by atoms with E-state index >= 15 is 0 Å². The molecule has 0 saturated heterocycles. The lowest BCUT2D eigenvalue weighted by atomic mass is 10.00. The van der Waals surface area contributed by atoms with Crippen molar-refractivity contribution in [3.63, 3.8) is 0 Å². The van der Waals surface area contributed by atoms with E-state index in [0.717, 1.165) is 12.1 Å². The number of nitrogens with two attached hydrogens (primary N) is 1. The highest BCUT2D eigenvalue weighted by molar-refractivity contribution is 5.32. The fourth-order valence-electron chi connectivity index (χ4n) is 1.43. The van der Waals surface area contributed by atoms with Crippen LogP contribution in [0.4, 0.5) is 13.2 Å². The van der Waals surface area contributed by atoms with Crippen molar-refractivity contribution in [3.05, 3.63) is 34.9 Å². The van der Waals surface area contributed by atoms with E-state index in [0.29, 0.717) is 17.5 Å². The number of halogens is 3. The van der Waals surface area contributed by atoms with Crippen LogP contribution < -0.4 is 5.73 Å². The number of aryl methyl sites for hydroxylation is 1. The van der Waals surface area contributed by atoms with Gasteiger partial charge in [-0.05, 0) is 31.0 Å². The van der Waals surface area contributed by atoms with E-state index in [2.05, 4.69) is 0 Å². The molecular weight excluding hydrogens is 203 g/mol. The molecule has 1 unspecified atom stereocenters. The zero-order valence-corrected chi connectivity index (χ0v) is 8.73. The lowest BCUT2D eigenvalue weighted by molar-refractivity contribution is -0.137. The predicted molar refractivity (Wildman–Crippen MR) is 53.4 cm³/mol. The highest BCUT2D eigenvalue weighted by atomic mass is 19.4. The maximum atomic E-state index is 12.5. The molecule has 0 spiro atoms. The molecule has 1 nitrogen and oxygen atoms in total. The third kappa shape index (κ3) is 2.96. The minimum Gasteiger partial charge on any atom is -0.324 e. The Labute approximate surface area is 87.1 Å². The van der Waals surface area contributed by atoms with E-state index in [-0.39, 0.29) is 6.04 Å². The van der Waals surface area contributed by atoms with Crippen molar-refractivity contribution in [2.24, 2.45) is 5.73 Å². The summed E-state index contributed by atoms with van der Waals surface area (Å²) in [7, 11) is 0. The molecule has 0 heterocycles. The first-order chi connectivity index (χ1) is 6.84. The van der Waals surface area contributed by atoms with Gasteiger partial charge in [0.05, 0.1) is 5.56 Å². The van der Waals surface area contributed by atoms with Crippen LogP contribution in [0, 0.1) is 6.92 Å². The molecule has 0 amide bonds. The molecule has 2 N–H and O–H groups in total. The van der Waals surface area contributed by atoms with Crippen LogP contribution >= 0.6 is 0 Å². The Morgan fingerprint density at radius 3 is 2.33 bits per heavy atom. The first-order valence-electron chi connectivity index (χ1n) is 4.79. The van der Waals surface area contributed by atoms with Crippen molar-refractivity contribution < 1.29 is 13.2 Å². The lowest BCUT2D eigenvalue weighted by Crippen LogP contribution is -2.12. The summed E-state index contributed by atoms with van der Waals surface area (Å²) in [6.07, 6.45) is -3.67. The molecule has 1 atom stereocenters. The molecule has 0 aliphatic heterocycles. The highest BCUT2D eigenvalue weighted by Gasteiger charge is 2.31. The molecule has 15 heavy (non-hydrogen) atoms. The Kier molecular flexibility index (Phi) is 3.39. The molecule has 0 fully saturated rings. The van der Waals surface area contributed by atoms with Gasteiger partial charge in [-0.25, -0.2) is 0 Å². The maximum Gasteiger partial charge on any atom is 0.416 e. The van der Waals surface area contributed by atoms with Crippen molar-refractivity contribution in [3.8, 4) is 0 Å². The fourth-order valence-corrected chi connectivity index (χ4v) is 1.43. The summed E-state index contributed by atoms with van der Waals surface area (Å²) in [6, 6.07) is 3.63. The van der Waals surface area contributed by atoms with Gasteiger partial charge in [0.2, 0.25) is 0 Å². The molecule has 84 valence electrons. The third-order valence-electron chi connectivity index (χ3n) is 2.29.